The second-order valence-electron chi connectivity index (χ2n) is 5.54. The van der Waals surface area contributed by atoms with E-state index in [4.69, 9.17) is 0 Å². The maximum atomic E-state index is 12.2. The Balaban J connectivity index is 2.30. The molecule has 2 heterocycles. The maximum absolute atomic E-state index is 12.2. The molecule has 0 fully saturated rings. The minimum Gasteiger partial charge on any atom is -0.285 e. The van der Waals surface area contributed by atoms with Gasteiger partial charge in [-0.1, -0.05) is 0 Å². The Morgan fingerprint density at radius 2 is 1.12 bits per heavy atom. The predicted octanol–water partition coefficient (Wildman–Crippen LogP) is 1.30. The first-order valence-electron chi connectivity index (χ1n) is 7.11. The summed E-state index contributed by atoms with van der Waals surface area (Å²) in [7, 11) is 6.98. The monoisotopic (exact) mass is 368 g/mol. The van der Waals surface area contributed by atoms with Crippen LogP contribution in [0.1, 0.15) is 30.7 Å². The Labute approximate surface area is 148 Å². The van der Waals surface area contributed by atoms with Crippen LogP contribution in [0.4, 0.5) is 0 Å². The van der Waals surface area contributed by atoms with Gasteiger partial charge in [0, 0.05) is 28.2 Å². The number of hydrazine groups is 2. The van der Waals surface area contributed by atoms with Crippen molar-refractivity contribution in [2.75, 3.05) is 28.2 Å². The van der Waals surface area contributed by atoms with Gasteiger partial charge in [0.1, 0.15) is 9.75 Å². The minimum atomic E-state index is -0.208. The van der Waals surface area contributed by atoms with E-state index in [2.05, 4.69) is 20.8 Å². The van der Waals surface area contributed by atoms with Crippen LogP contribution >= 0.6 is 22.7 Å². The van der Waals surface area contributed by atoms with Gasteiger partial charge in [0.2, 0.25) is 0 Å². The van der Waals surface area contributed by atoms with E-state index in [0.717, 1.165) is 0 Å². The lowest BCUT2D eigenvalue weighted by atomic mass is 10.4. The molecule has 24 heavy (non-hydrogen) atoms. The van der Waals surface area contributed by atoms with Crippen LogP contribution in [-0.4, -0.2) is 60.0 Å². The summed E-state index contributed by atoms with van der Waals surface area (Å²) in [5.74, 6) is -0.416. The van der Waals surface area contributed by atoms with Gasteiger partial charge in [-0.3, -0.25) is 20.4 Å². The van der Waals surface area contributed by atoms with Gasteiger partial charge < -0.3 is 0 Å². The number of carbonyl (C=O) groups is 2. The van der Waals surface area contributed by atoms with Gasteiger partial charge in [0.15, 0.2) is 10.0 Å². The molecule has 0 aliphatic carbocycles. The largest absolute Gasteiger partial charge is 0.285 e. The zero-order chi connectivity index (χ0) is 18.0. The molecule has 0 aliphatic heterocycles. The van der Waals surface area contributed by atoms with E-state index < -0.39 is 0 Å². The lowest BCUT2D eigenvalue weighted by molar-refractivity contribution is 0.0851. The van der Waals surface area contributed by atoms with Crippen molar-refractivity contribution in [3.63, 3.8) is 0 Å². The van der Waals surface area contributed by atoms with Crippen LogP contribution in [0, 0.1) is 13.8 Å². The highest BCUT2D eigenvalue weighted by Gasteiger charge is 2.21. The van der Waals surface area contributed by atoms with E-state index in [-0.39, 0.29) is 11.8 Å². The third kappa shape index (κ3) is 4.15. The van der Waals surface area contributed by atoms with Crippen molar-refractivity contribution in [3.8, 4) is 10.0 Å². The Bertz CT molecular complexity index is 701. The normalized spacial score (nSPS) is 11.2. The number of nitrogens with zero attached hydrogens (tertiary/aromatic N) is 4. The van der Waals surface area contributed by atoms with Gasteiger partial charge >= 0.3 is 0 Å². The van der Waals surface area contributed by atoms with E-state index >= 15 is 0 Å². The summed E-state index contributed by atoms with van der Waals surface area (Å²) in [6.45, 7) is 3.56. The number of aromatic nitrogens is 2. The van der Waals surface area contributed by atoms with Gasteiger partial charge in [0.05, 0.1) is 11.4 Å². The molecular weight excluding hydrogens is 348 g/mol. The third-order valence-corrected chi connectivity index (χ3v) is 5.29. The molecule has 0 aliphatic rings. The highest BCUT2D eigenvalue weighted by atomic mass is 32.1. The summed E-state index contributed by atoms with van der Waals surface area (Å²) >= 11 is 2.53. The SMILES string of the molecule is Cc1nc(-c2nc(C)c(C(=O)NN(C)C)s2)sc1C(=O)NN(C)C. The predicted molar refractivity (Wildman–Crippen MR) is 95.0 cm³/mol. The Kier molecular flexibility index (Phi) is 5.65. The van der Waals surface area contributed by atoms with E-state index in [9.17, 15) is 9.59 Å². The molecule has 0 radical (unpaired) electrons. The molecule has 2 aromatic heterocycles. The molecule has 2 rings (SSSR count). The standard InChI is InChI=1S/C14H20N6O2S2/c1-7-9(11(21)17-19(3)4)23-13(15-7)14-16-8(2)10(24-14)12(22)18-20(5)6/h1-6H3,(H,17,21)(H,18,22). The molecule has 0 saturated carbocycles. The van der Waals surface area contributed by atoms with Crippen molar-refractivity contribution in [2.24, 2.45) is 0 Å². The number of aryl methyl sites for hydroxylation is 2. The van der Waals surface area contributed by atoms with Crippen LogP contribution in [0.3, 0.4) is 0 Å². The fraction of sp³-hybridized carbons (Fsp3) is 0.429. The highest BCUT2D eigenvalue weighted by molar-refractivity contribution is 7.23. The molecule has 130 valence electrons. The molecule has 2 amide bonds. The van der Waals surface area contributed by atoms with Gasteiger partial charge in [-0.2, -0.15) is 0 Å². The van der Waals surface area contributed by atoms with Crippen LogP contribution in [0.25, 0.3) is 10.0 Å². The van der Waals surface area contributed by atoms with Crippen molar-refractivity contribution in [1.29, 1.82) is 0 Å². The average molecular weight is 368 g/mol. The number of nitrogens with one attached hydrogen (secondary N) is 2. The zero-order valence-electron chi connectivity index (χ0n) is 14.4. The number of rotatable bonds is 5. The Morgan fingerprint density at radius 3 is 1.42 bits per heavy atom. The molecule has 0 bridgehead atoms. The van der Waals surface area contributed by atoms with Gasteiger partial charge in [-0.25, -0.2) is 20.0 Å². The lowest BCUT2D eigenvalue weighted by Gasteiger charge is -2.10. The molecular formula is C14H20N6O2S2. The van der Waals surface area contributed by atoms with E-state index in [0.29, 0.717) is 31.2 Å². The molecule has 0 unspecified atom stereocenters. The smallest absolute Gasteiger partial charge is 0.277 e. The first kappa shape index (κ1) is 18.5. The fourth-order valence-electron chi connectivity index (χ4n) is 1.90. The number of carbonyl (C=O) groups excluding carboxylic acids is 2. The summed E-state index contributed by atoms with van der Waals surface area (Å²) in [5, 5.41) is 4.43. The quantitative estimate of drug-likeness (QED) is 0.773. The average Bonchev–Trinajstić information content (AvgIpc) is 3.00. The van der Waals surface area contributed by atoms with Crippen LogP contribution in [0.2, 0.25) is 0 Å². The van der Waals surface area contributed by atoms with E-state index in [1.165, 1.54) is 22.7 Å². The summed E-state index contributed by atoms with van der Waals surface area (Å²) in [6, 6.07) is 0. The zero-order valence-corrected chi connectivity index (χ0v) is 16.1. The molecule has 0 spiro atoms. The highest BCUT2D eigenvalue weighted by Crippen LogP contribution is 2.32. The summed E-state index contributed by atoms with van der Waals surface area (Å²) < 4.78 is 0. The van der Waals surface area contributed by atoms with Gasteiger partial charge in [0.25, 0.3) is 11.8 Å². The van der Waals surface area contributed by atoms with Crippen LogP contribution < -0.4 is 10.9 Å². The number of amides is 2. The maximum Gasteiger partial charge on any atom is 0.277 e. The first-order chi connectivity index (χ1) is 11.2. The van der Waals surface area contributed by atoms with Crippen LogP contribution in [0.5, 0.6) is 0 Å². The summed E-state index contributed by atoms with van der Waals surface area (Å²) in [5.41, 5.74) is 6.68. The van der Waals surface area contributed by atoms with Crippen molar-refractivity contribution in [2.45, 2.75) is 13.8 Å². The molecule has 0 saturated heterocycles. The minimum absolute atomic E-state index is 0.208. The summed E-state index contributed by atoms with van der Waals surface area (Å²) in [6.07, 6.45) is 0. The topological polar surface area (TPSA) is 90.5 Å². The molecule has 0 atom stereocenters. The van der Waals surface area contributed by atoms with Crippen molar-refractivity contribution in [3.05, 3.63) is 21.1 Å². The fourth-order valence-corrected chi connectivity index (χ4v) is 3.84. The van der Waals surface area contributed by atoms with Gasteiger partial charge in [-0.05, 0) is 13.8 Å². The number of thiazole rings is 2. The van der Waals surface area contributed by atoms with Crippen molar-refractivity contribution >= 4 is 34.5 Å². The van der Waals surface area contributed by atoms with Crippen LogP contribution in [-0.2, 0) is 0 Å². The second-order valence-corrected chi connectivity index (χ2v) is 7.54. The molecule has 10 heteroatoms. The molecule has 2 aromatic rings. The number of hydrogen-bond donors (Lipinski definition) is 2. The lowest BCUT2D eigenvalue weighted by Crippen LogP contribution is -2.35. The Morgan fingerprint density at radius 1 is 0.792 bits per heavy atom. The van der Waals surface area contributed by atoms with Gasteiger partial charge in [-0.15, -0.1) is 22.7 Å². The van der Waals surface area contributed by atoms with E-state index in [1.807, 2.05) is 0 Å². The van der Waals surface area contributed by atoms with Crippen molar-refractivity contribution in [1.82, 2.24) is 30.8 Å². The van der Waals surface area contributed by atoms with Crippen molar-refractivity contribution < 1.29 is 9.59 Å². The molecule has 8 nitrogen and oxygen atoms in total. The number of hydrogen-bond acceptors (Lipinski definition) is 8. The second kappa shape index (κ2) is 7.34. The summed E-state index contributed by atoms with van der Waals surface area (Å²) in [4.78, 5) is 34.2. The third-order valence-electron chi connectivity index (χ3n) is 2.84. The van der Waals surface area contributed by atoms with Crippen LogP contribution in [0.15, 0.2) is 0 Å². The van der Waals surface area contributed by atoms with E-state index in [1.54, 1.807) is 52.1 Å². The Hall–Kier alpha value is -1.88. The first-order valence-corrected chi connectivity index (χ1v) is 8.74. The molecule has 2 N–H and O–H groups in total. The molecule has 0 aromatic carbocycles.